The second-order valence-electron chi connectivity index (χ2n) is 15.8. The van der Waals surface area contributed by atoms with Crippen LogP contribution in [0.4, 0.5) is 11.5 Å². The van der Waals surface area contributed by atoms with Gasteiger partial charge in [-0.05, 0) is 143 Å². The Hall–Kier alpha value is -5.04. The molecule has 10 nitrogen and oxygen atoms in total. The van der Waals surface area contributed by atoms with Crippen LogP contribution in [0.25, 0.3) is 33.9 Å². The third-order valence-corrected chi connectivity index (χ3v) is 12.6. The van der Waals surface area contributed by atoms with E-state index in [-0.39, 0.29) is 11.9 Å². The summed E-state index contributed by atoms with van der Waals surface area (Å²) in [6.45, 7) is 5.96. The number of aryl methyl sites for hydroxylation is 1. The van der Waals surface area contributed by atoms with E-state index < -0.39 is 0 Å². The van der Waals surface area contributed by atoms with Crippen molar-refractivity contribution in [2.24, 2.45) is 0 Å². The number of carbonyl (C=O) groups excluding carboxylic acids is 1. The molecule has 6 aromatic rings. The topological polar surface area (TPSA) is 120 Å². The number of piperidine rings is 1. The molecule has 12 heteroatoms. The van der Waals surface area contributed by atoms with Gasteiger partial charge in [-0.1, -0.05) is 68.4 Å². The van der Waals surface area contributed by atoms with E-state index in [0.717, 1.165) is 116 Å². The predicted octanol–water partition coefficient (Wildman–Crippen LogP) is 12.0. The van der Waals surface area contributed by atoms with Crippen molar-refractivity contribution < 1.29 is 14.3 Å². The van der Waals surface area contributed by atoms with Crippen LogP contribution in [-0.2, 0) is 4.79 Å². The fourth-order valence-corrected chi connectivity index (χ4v) is 9.68. The number of hydrogen-bond acceptors (Lipinski definition) is 8. The van der Waals surface area contributed by atoms with Crippen molar-refractivity contribution in [2.45, 2.75) is 77.2 Å². The lowest BCUT2D eigenvalue weighted by Crippen LogP contribution is -2.35. The van der Waals surface area contributed by atoms with Crippen molar-refractivity contribution in [3.8, 4) is 28.5 Å². The summed E-state index contributed by atoms with van der Waals surface area (Å²) >= 11 is 7.38. The molecule has 2 aromatic heterocycles. The largest absolute Gasteiger partial charge is 0.491 e. The standard InChI is InChI=1S/C48H51Br2N7O3/c1-32-15-20-42-38(27-32)39(48(58)54-42)28-33-29-40(49)45(41(50)30-33)59-26-12-7-5-3-2-4-6-11-23-56-24-21-35(22-25-56)57-47-43(46(51)52-31-53-47)44(55-57)34-16-18-37(19-17-34)60-36-13-9-8-10-14-36/h8-10,13-20,27-31,35H,2-7,11-12,21-26H2,1H3,(H,54,58)(H2,51,52,53)/b39-28-. The molecule has 0 spiro atoms. The van der Waals surface area contributed by atoms with Crippen molar-refractivity contribution in [1.29, 1.82) is 0 Å². The first-order valence-corrected chi connectivity index (χ1v) is 22.7. The lowest BCUT2D eigenvalue weighted by molar-refractivity contribution is -0.110. The van der Waals surface area contributed by atoms with E-state index in [4.69, 9.17) is 20.3 Å². The molecule has 0 aliphatic carbocycles. The third kappa shape index (κ3) is 9.94. The van der Waals surface area contributed by atoms with Crippen LogP contribution >= 0.6 is 31.9 Å². The van der Waals surface area contributed by atoms with Gasteiger partial charge in [-0.3, -0.25) is 4.79 Å². The van der Waals surface area contributed by atoms with Crippen LogP contribution in [0.1, 0.15) is 86.9 Å². The number of carbonyl (C=O) groups is 1. The number of aromatic nitrogens is 4. The molecule has 60 heavy (non-hydrogen) atoms. The molecule has 310 valence electrons. The number of benzene rings is 4. The number of ether oxygens (including phenoxy) is 2. The molecule has 1 saturated heterocycles. The highest BCUT2D eigenvalue weighted by Crippen LogP contribution is 2.39. The van der Waals surface area contributed by atoms with E-state index in [0.29, 0.717) is 18.0 Å². The Morgan fingerprint density at radius 3 is 2.25 bits per heavy atom. The van der Waals surface area contributed by atoms with E-state index in [9.17, 15) is 4.79 Å². The summed E-state index contributed by atoms with van der Waals surface area (Å²) < 4.78 is 16.0. The van der Waals surface area contributed by atoms with Crippen LogP contribution in [-0.4, -0.2) is 56.8 Å². The first-order chi connectivity index (χ1) is 29.3. The van der Waals surface area contributed by atoms with Gasteiger partial charge in [0.05, 0.1) is 27.0 Å². The van der Waals surface area contributed by atoms with Gasteiger partial charge in [-0.15, -0.1) is 0 Å². The number of nitrogens with zero attached hydrogens (tertiary/aromatic N) is 5. The number of rotatable bonds is 17. The average molecular weight is 934 g/mol. The Morgan fingerprint density at radius 2 is 1.52 bits per heavy atom. The Bertz CT molecular complexity index is 2440. The summed E-state index contributed by atoms with van der Waals surface area (Å²) in [6, 6.07) is 28.0. The van der Waals surface area contributed by atoms with Gasteiger partial charge in [-0.25, -0.2) is 14.6 Å². The molecule has 0 radical (unpaired) electrons. The number of anilines is 2. The van der Waals surface area contributed by atoms with Gasteiger partial charge in [0, 0.05) is 35.5 Å². The first kappa shape index (κ1) is 41.7. The molecule has 3 N–H and O–H groups in total. The average Bonchev–Trinajstić information content (AvgIpc) is 3.79. The molecule has 2 aliphatic rings. The van der Waals surface area contributed by atoms with E-state index >= 15 is 0 Å². The fourth-order valence-electron chi connectivity index (χ4n) is 8.23. The molecule has 8 rings (SSSR count). The normalized spacial score (nSPS) is 15.1. The summed E-state index contributed by atoms with van der Waals surface area (Å²) in [5.41, 5.74) is 13.5. The summed E-state index contributed by atoms with van der Waals surface area (Å²) in [6.07, 6.45) is 15.3. The fraction of sp³-hybridized carbons (Fsp3) is 0.333. The van der Waals surface area contributed by atoms with Gasteiger partial charge in [0.15, 0.2) is 5.65 Å². The van der Waals surface area contributed by atoms with E-state index in [1.807, 2.05) is 97.9 Å². The van der Waals surface area contributed by atoms with Crippen molar-refractivity contribution in [2.75, 3.05) is 37.3 Å². The number of nitrogens with one attached hydrogen (secondary N) is 1. The van der Waals surface area contributed by atoms with Crippen molar-refractivity contribution in [3.05, 3.63) is 117 Å². The lowest BCUT2D eigenvalue weighted by atomic mass is 10.0. The Balaban J connectivity index is 0.719. The Morgan fingerprint density at radius 1 is 0.833 bits per heavy atom. The molecule has 0 atom stereocenters. The first-order valence-electron chi connectivity index (χ1n) is 21.1. The second-order valence-corrected chi connectivity index (χ2v) is 17.5. The van der Waals surface area contributed by atoms with Gasteiger partial charge in [-0.2, -0.15) is 5.10 Å². The molecule has 4 aromatic carbocycles. The minimum atomic E-state index is -0.0798. The zero-order chi connectivity index (χ0) is 41.4. The third-order valence-electron chi connectivity index (χ3n) is 11.4. The van der Waals surface area contributed by atoms with Crippen LogP contribution in [0.3, 0.4) is 0 Å². The number of fused-ring (bicyclic) bond motifs is 2. The summed E-state index contributed by atoms with van der Waals surface area (Å²) in [4.78, 5) is 24.2. The molecule has 0 unspecified atom stereocenters. The highest BCUT2D eigenvalue weighted by molar-refractivity contribution is 9.11. The zero-order valence-corrected chi connectivity index (χ0v) is 37.2. The quantitative estimate of drug-likeness (QED) is 0.0685. The van der Waals surface area contributed by atoms with Crippen LogP contribution in [0.5, 0.6) is 17.2 Å². The van der Waals surface area contributed by atoms with Crippen molar-refractivity contribution in [3.63, 3.8) is 0 Å². The number of nitrogens with two attached hydrogens (primary N) is 1. The summed E-state index contributed by atoms with van der Waals surface area (Å²) in [5, 5.41) is 8.88. The highest BCUT2D eigenvalue weighted by atomic mass is 79.9. The van der Waals surface area contributed by atoms with Gasteiger partial charge < -0.3 is 25.4 Å². The molecule has 4 heterocycles. The maximum absolute atomic E-state index is 12.7. The molecular weight excluding hydrogens is 882 g/mol. The minimum absolute atomic E-state index is 0.0798. The summed E-state index contributed by atoms with van der Waals surface area (Å²) in [7, 11) is 0. The zero-order valence-electron chi connectivity index (χ0n) is 34.0. The smallest absolute Gasteiger partial charge is 0.256 e. The second kappa shape index (κ2) is 19.6. The van der Waals surface area contributed by atoms with Gasteiger partial charge in [0.2, 0.25) is 0 Å². The number of hydrogen-bond donors (Lipinski definition) is 2. The van der Waals surface area contributed by atoms with E-state index in [2.05, 4.69) is 56.7 Å². The molecule has 0 bridgehead atoms. The number of nitrogen functional groups attached to an aromatic ring is 1. The Kier molecular flexibility index (Phi) is 13.6. The van der Waals surface area contributed by atoms with E-state index in [1.165, 1.54) is 38.5 Å². The molecule has 2 aliphatic heterocycles. The van der Waals surface area contributed by atoms with Crippen LogP contribution < -0.4 is 20.5 Å². The molecular formula is C48H51Br2N7O3. The monoisotopic (exact) mass is 931 g/mol. The minimum Gasteiger partial charge on any atom is -0.491 e. The number of unbranched alkanes of at least 4 members (excludes halogenated alkanes) is 7. The number of para-hydroxylation sites is 1. The van der Waals surface area contributed by atoms with Crippen molar-refractivity contribution in [1.82, 2.24) is 24.6 Å². The molecule has 1 amide bonds. The van der Waals surface area contributed by atoms with Crippen LogP contribution in [0, 0.1) is 6.92 Å². The van der Waals surface area contributed by atoms with Crippen LogP contribution in [0.2, 0.25) is 0 Å². The molecule has 1 fully saturated rings. The maximum Gasteiger partial charge on any atom is 0.256 e. The lowest BCUT2D eigenvalue weighted by Gasteiger charge is -2.32. The van der Waals surface area contributed by atoms with Gasteiger partial charge in [0.1, 0.15) is 35.1 Å². The highest BCUT2D eigenvalue weighted by Gasteiger charge is 2.27. The predicted molar refractivity (Wildman–Crippen MR) is 248 cm³/mol. The number of likely N-dealkylation sites (tertiary alicyclic amines) is 1. The number of halogens is 2. The SMILES string of the molecule is Cc1ccc2c(c1)/C(=C/c1cc(Br)c(OCCCCCCCCCCN3CCC(n4nc(-c5ccc(Oc6ccccc6)cc5)c5c(N)ncnc54)CC3)c(Br)c1)C(=O)N2. The van der Waals surface area contributed by atoms with Crippen LogP contribution in [0.15, 0.2) is 100 Å². The van der Waals surface area contributed by atoms with Gasteiger partial charge in [0.25, 0.3) is 5.91 Å². The Labute approximate surface area is 368 Å². The van der Waals surface area contributed by atoms with Gasteiger partial charge >= 0.3 is 0 Å². The summed E-state index contributed by atoms with van der Waals surface area (Å²) in [5.74, 6) is 2.73. The van der Waals surface area contributed by atoms with Crippen molar-refractivity contribution >= 4 is 72.0 Å². The molecule has 0 saturated carbocycles. The van der Waals surface area contributed by atoms with E-state index in [1.54, 1.807) is 6.33 Å². The number of amides is 1. The maximum atomic E-state index is 12.7.